The third kappa shape index (κ3) is 4.67. The van der Waals surface area contributed by atoms with E-state index < -0.39 is 16.0 Å². The monoisotopic (exact) mass is 361 g/mol. The molecule has 134 valence electrons. The van der Waals surface area contributed by atoms with Gasteiger partial charge >= 0.3 is 5.97 Å². The molecular weight excluding hydrogens is 338 g/mol. The van der Waals surface area contributed by atoms with E-state index in [9.17, 15) is 13.2 Å². The summed E-state index contributed by atoms with van der Waals surface area (Å²) in [4.78, 5) is 12.2. The third-order valence-electron chi connectivity index (χ3n) is 3.88. The van der Waals surface area contributed by atoms with Crippen LogP contribution in [-0.4, -0.2) is 32.8 Å². The first-order valence-electron chi connectivity index (χ1n) is 8.00. The van der Waals surface area contributed by atoms with Crippen molar-refractivity contribution in [1.82, 2.24) is 4.31 Å². The fourth-order valence-corrected chi connectivity index (χ4v) is 3.11. The molecular formula is C19H23NO4S. The van der Waals surface area contributed by atoms with Crippen LogP contribution in [0.5, 0.6) is 0 Å². The number of hydrogen-bond donors (Lipinski definition) is 0. The van der Waals surface area contributed by atoms with Crippen LogP contribution in [0, 0.1) is 0 Å². The minimum absolute atomic E-state index is 0.137. The lowest BCUT2D eigenvalue weighted by atomic mass is 10.0. The van der Waals surface area contributed by atoms with Crippen molar-refractivity contribution in [3.63, 3.8) is 0 Å². The maximum Gasteiger partial charge on any atom is 0.338 e. The fourth-order valence-electron chi connectivity index (χ4n) is 2.20. The summed E-state index contributed by atoms with van der Waals surface area (Å²) in [5, 5.41) is 0. The largest absolute Gasteiger partial charge is 0.457 e. The van der Waals surface area contributed by atoms with Gasteiger partial charge < -0.3 is 4.74 Å². The Balaban J connectivity index is 2.01. The Morgan fingerprint density at radius 2 is 1.56 bits per heavy atom. The van der Waals surface area contributed by atoms with Gasteiger partial charge in [0.1, 0.15) is 6.61 Å². The number of ether oxygens (including phenoxy) is 1. The van der Waals surface area contributed by atoms with Gasteiger partial charge in [-0.1, -0.05) is 38.1 Å². The van der Waals surface area contributed by atoms with Crippen molar-refractivity contribution in [3.05, 3.63) is 65.2 Å². The zero-order chi connectivity index (χ0) is 18.6. The molecule has 0 bridgehead atoms. The molecule has 0 unspecified atom stereocenters. The molecule has 0 N–H and O–H groups in total. The van der Waals surface area contributed by atoms with Crippen molar-refractivity contribution in [2.45, 2.75) is 31.3 Å². The van der Waals surface area contributed by atoms with Gasteiger partial charge in [-0.25, -0.2) is 17.5 Å². The summed E-state index contributed by atoms with van der Waals surface area (Å²) < 4.78 is 30.4. The highest BCUT2D eigenvalue weighted by molar-refractivity contribution is 7.89. The summed E-state index contributed by atoms with van der Waals surface area (Å²) in [6, 6.07) is 13.7. The molecule has 0 aromatic heterocycles. The lowest BCUT2D eigenvalue weighted by Crippen LogP contribution is -2.22. The maximum atomic E-state index is 12.1. The number of sulfonamides is 1. The number of rotatable bonds is 6. The summed E-state index contributed by atoms with van der Waals surface area (Å²) in [6.07, 6.45) is 0. The highest BCUT2D eigenvalue weighted by atomic mass is 32.2. The van der Waals surface area contributed by atoms with Crippen LogP contribution in [0.25, 0.3) is 0 Å². The maximum absolute atomic E-state index is 12.1. The molecule has 0 saturated carbocycles. The average molecular weight is 361 g/mol. The Labute approximate surface area is 149 Å². The van der Waals surface area contributed by atoms with E-state index in [1.807, 2.05) is 24.3 Å². The molecule has 0 saturated heterocycles. The Kier molecular flexibility index (Phi) is 5.98. The van der Waals surface area contributed by atoms with Crippen LogP contribution >= 0.6 is 0 Å². The smallest absolute Gasteiger partial charge is 0.338 e. The molecule has 0 aliphatic carbocycles. The topological polar surface area (TPSA) is 63.7 Å². The van der Waals surface area contributed by atoms with Crippen molar-refractivity contribution in [1.29, 1.82) is 0 Å². The SMILES string of the molecule is CC(C)c1ccc(COC(=O)c2ccc(S(=O)(=O)N(C)C)cc2)cc1. The molecule has 6 heteroatoms. The molecule has 2 rings (SSSR count). The van der Waals surface area contributed by atoms with Gasteiger partial charge in [-0.15, -0.1) is 0 Å². The lowest BCUT2D eigenvalue weighted by Gasteiger charge is -2.11. The van der Waals surface area contributed by atoms with Gasteiger partial charge in [-0.05, 0) is 41.3 Å². The van der Waals surface area contributed by atoms with Crippen molar-refractivity contribution >= 4 is 16.0 Å². The second-order valence-corrected chi connectivity index (χ2v) is 8.44. The van der Waals surface area contributed by atoms with Gasteiger partial charge in [-0.2, -0.15) is 0 Å². The van der Waals surface area contributed by atoms with E-state index in [1.165, 1.54) is 43.9 Å². The van der Waals surface area contributed by atoms with E-state index >= 15 is 0 Å². The van der Waals surface area contributed by atoms with Crippen LogP contribution in [0.4, 0.5) is 0 Å². The Morgan fingerprint density at radius 1 is 1.00 bits per heavy atom. The molecule has 0 heterocycles. The lowest BCUT2D eigenvalue weighted by molar-refractivity contribution is 0.0472. The predicted molar refractivity (Wildman–Crippen MR) is 97.0 cm³/mol. The third-order valence-corrected chi connectivity index (χ3v) is 5.71. The highest BCUT2D eigenvalue weighted by Crippen LogP contribution is 2.17. The second-order valence-electron chi connectivity index (χ2n) is 6.28. The molecule has 2 aromatic rings. The first-order chi connectivity index (χ1) is 11.7. The number of carbonyl (C=O) groups is 1. The number of carbonyl (C=O) groups excluding carboxylic acids is 1. The molecule has 5 nitrogen and oxygen atoms in total. The zero-order valence-electron chi connectivity index (χ0n) is 14.9. The minimum atomic E-state index is -3.50. The fraction of sp³-hybridized carbons (Fsp3) is 0.316. The molecule has 0 fully saturated rings. The van der Waals surface area contributed by atoms with Crippen LogP contribution in [0.3, 0.4) is 0 Å². The number of hydrogen-bond acceptors (Lipinski definition) is 4. The standard InChI is InChI=1S/C19H23NO4S/c1-14(2)16-7-5-15(6-8-16)13-24-19(21)17-9-11-18(12-10-17)25(22,23)20(3)4/h5-12,14H,13H2,1-4H3. The van der Waals surface area contributed by atoms with Gasteiger partial charge in [-0.3, -0.25) is 0 Å². The molecule has 0 spiro atoms. The summed E-state index contributed by atoms with van der Waals surface area (Å²) in [5.74, 6) is -0.0321. The van der Waals surface area contributed by atoms with E-state index in [1.54, 1.807) is 0 Å². The van der Waals surface area contributed by atoms with Gasteiger partial charge in [0.25, 0.3) is 0 Å². The zero-order valence-corrected chi connectivity index (χ0v) is 15.7. The minimum Gasteiger partial charge on any atom is -0.457 e. The Bertz CT molecular complexity index is 823. The molecule has 0 amide bonds. The van der Waals surface area contributed by atoms with Crippen LogP contribution in [-0.2, 0) is 21.4 Å². The van der Waals surface area contributed by atoms with Crippen LogP contribution in [0.15, 0.2) is 53.4 Å². The van der Waals surface area contributed by atoms with Crippen LogP contribution in [0.1, 0.15) is 41.3 Å². The first kappa shape index (κ1) is 19.1. The van der Waals surface area contributed by atoms with Crippen LogP contribution < -0.4 is 0 Å². The molecule has 2 aromatic carbocycles. The van der Waals surface area contributed by atoms with E-state index in [0.717, 1.165) is 9.87 Å². The van der Waals surface area contributed by atoms with Crippen LogP contribution in [0.2, 0.25) is 0 Å². The van der Waals surface area contributed by atoms with E-state index in [-0.39, 0.29) is 11.5 Å². The summed E-state index contributed by atoms with van der Waals surface area (Å²) in [5.41, 5.74) is 2.45. The highest BCUT2D eigenvalue weighted by Gasteiger charge is 2.17. The first-order valence-corrected chi connectivity index (χ1v) is 9.44. The van der Waals surface area contributed by atoms with Crippen molar-refractivity contribution < 1.29 is 17.9 Å². The molecule has 0 atom stereocenters. The summed E-state index contributed by atoms with van der Waals surface area (Å²) >= 11 is 0. The van der Waals surface area contributed by atoms with Gasteiger partial charge in [0.05, 0.1) is 10.5 Å². The van der Waals surface area contributed by atoms with E-state index in [2.05, 4.69) is 13.8 Å². The Morgan fingerprint density at radius 3 is 2.04 bits per heavy atom. The molecule has 25 heavy (non-hydrogen) atoms. The predicted octanol–water partition coefficient (Wildman–Crippen LogP) is 3.42. The normalized spacial score (nSPS) is 11.8. The number of benzene rings is 2. The van der Waals surface area contributed by atoms with Gasteiger partial charge in [0.15, 0.2) is 0 Å². The van der Waals surface area contributed by atoms with Gasteiger partial charge in [0, 0.05) is 14.1 Å². The van der Waals surface area contributed by atoms with Crippen molar-refractivity contribution in [2.24, 2.45) is 0 Å². The molecule has 0 radical (unpaired) electrons. The van der Waals surface area contributed by atoms with Crippen molar-refractivity contribution in [2.75, 3.05) is 14.1 Å². The number of nitrogens with zero attached hydrogens (tertiary/aromatic N) is 1. The quantitative estimate of drug-likeness (QED) is 0.740. The van der Waals surface area contributed by atoms with Gasteiger partial charge in [0.2, 0.25) is 10.0 Å². The van der Waals surface area contributed by atoms with E-state index in [4.69, 9.17) is 4.74 Å². The molecule has 0 aliphatic rings. The molecule has 0 aliphatic heterocycles. The second kappa shape index (κ2) is 7.80. The van der Waals surface area contributed by atoms with Crippen molar-refractivity contribution in [3.8, 4) is 0 Å². The van der Waals surface area contributed by atoms with E-state index in [0.29, 0.717) is 11.5 Å². The summed E-state index contributed by atoms with van der Waals surface area (Å²) in [7, 11) is -0.584. The average Bonchev–Trinajstić information content (AvgIpc) is 2.60. The summed E-state index contributed by atoms with van der Waals surface area (Å²) in [6.45, 7) is 4.42. The Hall–Kier alpha value is -2.18. The number of esters is 1.